The van der Waals surface area contributed by atoms with Crippen LogP contribution in [-0.2, 0) is 0 Å². The lowest BCUT2D eigenvalue weighted by Crippen LogP contribution is -2.56. The number of urea groups is 1. The van der Waals surface area contributed by atoms with E-state index in [-0.39, 0.29) is 11.6 Å². The summed E-state index contributed by atoms with van der Waals surface area (Å²) in [6.07, 6.45) is 1.87. The molecule has 1 aromatic carbocycles. The van der Waals surface area contributed by atoms with Crippen molar-refractivity contribution in [2.45, 2.75) is 32.2 Å². The summed E-state index contributed by atoms with van der Waals surface area (Å²) in [5.41, 5.74) is 2.88. The zero-order valence-corrected chi connectivity index (χ0v) is 11.4. The second-order valence-electron chi connectivity index (χ2n) is 5.44. The van der Waals surface area contributed by atoms with Gasteiger partial charge < -0.3 is 5.32 Å². The minimum Gasteiger partial charge on any atom is -0.317 e. The molecule has 2 aliphatic heterocycles. The summed E-state index contributed by atoms with van der Waals surface area (Å²) in [6.45, 7) is 5.90. The first kappa shape index (κ1) is 12.4. The third-order valence-electron chi connectivity index (χ3n) is 4.25. The number of benzene rings is 1. The molecule has 0 aliphatic carbocycles. The average molecular weight is 257 g/mol. The molecule has 100 valence electrons. The fraction of sp³-hybridized carbons (Fsp3) is 0.467. The van der Waals surface area contributed by atoms with Gasteiger partial charge in [0.25, 0.3) is 0 Å². The van der Waals surface area contributed by atoms with Gasteiger partial charge in [0.1, 0.15) is 0 Å². The van der Waals surface area contributed by atoms with Crippen molar-refractivity contribution in [2.75, 3.05) is 18.0 Å². The lowest BCUT2D eigenvalue weighted by Gasteiger charge is -2.41. The lowest BCUT2D eigenvalue weighted by molar-refractivity contribution is 0.250. The summed E-state index contributed by atoms with van der Waals surface area (Å²) in [7, 11) is 0. The monoisotopic (exact) mass is 257 g/mol. The first-order chi connectivity index (χ1) is 9.13. The number of aliphatic imine (C=N–C) groups is 1. The van der Waals surface area contributed by atoms with E-state index in [2.05, 4.69) is 16.4 Å². The Labute approximate surface area is 113 Å². The maximum atomic E-state index is 12.3. The number of carbonyl (C=O) groups excluding carboxylic acids is 1. The van der Waals surface area contributed by atoms with Gasteiger partial charge in [-0.15, -0.1) is 0 Å². The summed E-state index contributed by atoms with van der Waals surface area (Å²) < 4.78 is 0. The van der Waals surface area contributed by atoms with Crippen molar-refractivity contribution in [1.82, 2.24) is 5.32 Å². The fourth-order valence-corrected chi connectivity index (χ4v) is 3.19. The molecule has 0 saturated carbocycles. The van der Waals surface area contributed by atoms with E-state index in [1.165, 1.54) is 5.56 Å². The molecule has 3 rings (SSSR count). The number of anilines is 1. The zero-order valence-electron chi connectivity index (χ0n) is 11.4. The van der Waals surface area contributed by atoms with Crippen molar-refractivity contribution in [2.24, 2.45) is 4.99 Å². The highest BCUT2D eigenvalue weighted by Crippen LogP contribution is 2.37. The van der Waals surface area contributed by atoms with Gasteiger partial charge in [0.15, 0.2) is 0 Å². The van der Waals surface area contributed by atoms with Crippen LogP contribution in [0.2, 0.25) is 0 Å². The van der Waals surface area contributed by atoms with Crippen molar-refractivity contribution in [3.05, 3.63) is 29.8 Å². The fourth-order valence-electron chi connectivity index (χ4n) is 3.19. The van der Waals surface area contributed by atoms with Crippen LogP contribution >= 0.6 is 0 Å². The predicted octanol–water partition coefficient (Wildman–Crippen LogP) is 2.52. The molecule has 4 nitrogen and oxygen atoms in total. The molecule has 1 fully saturated rings. The van der Waals surface area contributed by atoms with E-state index in [9.17, 15) is 4.79 Å². The molecule has 0 unspecified atom stereocenters. The van der Waals surface area contributed by atoms with Gasteiger partial charge in [-0.3, -0.25) is 4.90 Å². The number of amides is 2. The molecule has 2 heterocycles. The van der Waals surface area contributed by atoms with Gasteiger partial charge in [0, 0.05) is 11.4 Å². The molecule has 0 atom stereocenters. The van der Waals surface area contributed by atoms with E-state index in [0.29, 0.717) is 0 Å². The SMILES string of the molecule is CC1=NC(=O)N(c2cccc(C)c2)C12CCNCC2. The lowest BCUT2D eigenvalue weighted by atomic mass is 9.83. The highest BCUT2D eigenvalue weighted by atomic mass is 16.2. The summed E-state index contributed by atoms with van der Waals surface area (Å²) in [4.78, 5) is 18.4. The second kappa shape index (κ2) is 4.46. The largest absolute Gasteiger partial charge is 0.348 e. The molecule has 1 aromatic rings. The predicted molar refractivity (Wildman–Crippen MR) is 77.0 cm³/mol. The first-order valence-corrected chi connectivity index (χ1v) is 6.81. The molecule has 2 amide bonds. The van der Waals surface area contributed by atoms with Crippen LogP contribution in [0.5, 0.6) is 0 Å². The van der Waals surface area contributed by atoms with Crippen LogP contribution in [0.15, 0.2) is 29.3 Å². The Kier molecular flexibility index (Phi) is 2.90. The molecule has 4 heteroatoms. The van der Waals surface area contributed by atoms with Gasteiger partial charge in [-0.25, -0.2) is 9.79 Å². The Bertz CT molecular complexity index is 544. The standard InChI is InChI=1S/C15H19N3O/c1-11-4-3-5-13(10-11)18-14(19)17-12(2)15(18)6-8-16-9-7-15/h3-5,10,16H,6-9H2,1-2H3. The van der Waals surface area contributed by atoms with E-state index < -0.39 is 0 Å². The Hall–Kier alpha value is -1.68. The van der Waals surface area contributed by atoms with Crippen LogP contribution in [0.1, 0.15) is 25.3 Å². The van der Waals surface area contributed by atoms with Gasteiger partial charge >= 0.3 is 6.03 Å². The van der Waals surface area contributed by atoms with Crippen molar-refractivity contribution < 1.29 is 4.79 Å². The van der Waals surface area contributed by atoms with Gasteiger partial charge in [0.2, 0.25) is 0 Å². The zero-order chi connectivity index (χ0) is 13.5. The Morgan fingerprint density at radius 1 is 1.26 bits per heavy atom. The molecule has 0 bridgehead atoms. The Morgan fingerprint density at radius 3 is 2.68 bits per heavy atom. The number of hydrogen-bond donors (Lipinski definition) is 1. The van der Waals surface area contributed by atoms with Crippen molar-refractivity contribution in [3.8, 4) is 0 Å². The highest BCUT2D eigenvalue weighted by Gasteiger charge is 2.48. The van der Waals surface area contributed by atoms with E-state index >= 15 is 0 Å². The van der Waals surface area contributed by atoms with Crippen LogP contribution in [-0.4, -0.2) is 30.4 Å². The molecule has 0 aromatic heterocycles. The minimum atomic E-state index is -0.212. The molecular formula is C15H19N3O. The Balaban J connectivity index is 2.05. The van der Waals surface area contributed by atoms with Crippen LogP contribution < -0.4 is 10.2 Å². The minimum absolute atomic E-state index is 0.120. The molecule has 2 aliphatic rings. The van der Waals surface area contributed by atoms with Crippen molar-refractivity contribution in [3.63, 3.8) is 0 Å². The van der Waals surface area contributed by atoms with E-state index in [1.54, 1.807) is 0 Å². The number of hydrogen-bond acceptors (Lipinski definition) is 2. The summed E-state index contributed by atoms with van der Waals surface area (Å²) in [5, 5.41) is 3.36. The molecule has 19 heavy (non-hydrogen) atoms. The smallest absolute Gasteiger partial charge is 0.317 e. The van der Waals surface area contributed by atoms with E-state index in [0.717, 1.165) is 37.3 Å². The average Bonchev–Trinajstić information content (AvgIpc) is 2.62. The molecular weight excluding hydrogens is 238 g/mol. The van der Waals surface area contributed by atoms with Gasteiger partial charge in [-0.2, -0.15) is 0 Å². The second-order valence-corrected chi connectivity index (χ2v) is 5.44. The third-order valence-corrected chi connectivity index (χ3v) is 4.25. The van der Waals surface area contributed by atoms with Gasteiger partial charge in [-0.05, 0) is 57.5 Å². The number of carbonyl (C=O) groups is 1. The topological polar surface area (TPSA) is 44.7 Å². The Morgan fingerprint density at radius 2 is 2.00 bits per heavy atom. The van der Waals surface area contributed by atoms with Crippen LogP contribution in [0.25, 0.3) is 0 Å². The number of nitrogens with one attached hydrogen (secondary N) is 1. The van der Waals surface area contributed by atoms with Gasteiger partial charge in [-0.1, -0.05) is 12.1 Å². The molecule has 1 N–H and O–H groups in total. The number of piperidine rings is 1. The summed E-state index contributed by atoms with van der Waals surface area (Å²) >= 11 is 0. The first-order valence-electron chi connectivity index (χ1n) is 6.81. The third kappa shape index (κ3) is 1.87. The maximum absolute atomic E-state index is 12.3. The molecule has 1 spiro atoms. The summed E-state index contributed by atoms with van der Waals surface area (Å²) in [5.74, 6) is 0. The number of nitrogens with zero attached hydrogens (tertiary/aromatic N) is 2. The van der Waals surface area contributed by atoms with Crippen LogP contribution in [0, 0.1) is 6.92 Å². The molecule has 1 saturated heterocycles. The summed E-state index contributed by atoms with van der Waals surface area (Å²) in [6, 6.07) is 8.00. The van der Waals surface area contributed by atoms with Gasteiger partial charge in [0.05, 0.1) is 5.54 Å². The number of rotatable bonds is 1. The van der Waals surface area contributed by atoms with Crippen LogP contribution in [0.4, 0.5) is 10.5 Å². The normalized spacial score (nSPS) is 21.9. The number of aryl methyl sites for hydroxylation is 1. The quantitative estimate of drug-likeness (QED) is 0.840. The van der Waals surface area contributed by atoms with Crippen LogP contribution in [0.3, 0.4) is 0 Å². The van der Waals surface area contributed by atoms with E-state index in [4.69, 9.17) is 0 Å². The molecule has 0 radical (unpaired) electrons. The van der Waals surface area contributed by atoms with E-state index in [1.807, 2.05) is 36.9 Å². The van der Waals surface area contributed by atoms with Crippen molar-refractivity contribution in [1.29, 1.82) is 0 Å². The highest BCUT2D eigenvalue weighted by molar-refractivity contribution is 6.16. The maximum Gasteiger partial charge on any atom is 0.348 e. The van der Waals surface area contributed by atoms with Crippen molar-refractivity contribution >= 4 is 17.4 Å².